The van der Waals surface area contributed by atoms with Gasteiger partial charge in [0.05, 0.1) is 15.7 Å². The van der Waals surface area contributed by atoms with Crippen LogP contribution >= 0.6 is 0 Å². The monoisotopic (exact) mass is 280 g/mol. The summed E-state index contributed by atoms with van der Waals surface area (Å²) in [5.41, 5.74) is -1.21. The highest BCUT2D eigenvalue weighted by molar-refractivity contribution is 7.92. The van der Waals surface area contributed by atoms with Crippen LogP contribution in [0.4, 0.5) is 0 Å². The Bertz CT molecular complexity index is 608. The van der Waals surface area contributed by atoms with E-state index in [4.69, 9.17) is 0 Å². The topological polar surface area (TPSA) is 71.4 Å². The summed E-state index contributed by atoms with van der Waals surface area (Å²) in [5.74, 6) is -0.0533. The predicted octanol–water partition coefficient (Wildman–Crippen LogP) is 1.33. The fraction of sp³-hybridized carbons (Fsp3) is 0.500. The number of fused-ring (bicyclic) bond motifs is 1. The summed E-state index contributed by atoms with van der Waals surface area (Å²) in [6.45, 7) is 0. The molecule has 2 fully saturated rings. The molecule has 3 atom stereocenters. The number of carbonyl (C=O) groups is 1. The lowest BCUT2D eigenvalue weighted by Gasteiger charge is -2.53. The van der Waals surface area contributed by atoms with Crippen LogP contribution in [0.25, 0.3) is 0 Å². The average molecular weight is 280 g/mol. The second-order valence-corrected chi connectivity index (χ2v) is 7.64. The van der Waals surface area contributed by atoms with Gasteiger partial charge in [0.15, 0.2) is 9.84 Å². The molecule has 0 aliphatic heterocycles. The summed E-state index contributed by atoms with van der Waals surface area (Å²) in [5, 5.41) is 9.81. The highest BCUT2D eigenvalue weighted by atomic mass is 32.2. The molecule has 1 aromatic rings. The van der Waals surface area contributed by atoms with Gasteiger partial charge in [-0.1, -0.05) is 18.2 Å². The number of carbonyl (C=O) groups excluding carboxylic acids is 1. The molecule has 0 aromatic heterocycles. The SMILES string of the molecule is O=C1CC[C@@]2(O)C(C1)C[C@@H]2S(=O)(=O)c1ccccc1. The van der Waals surface area contributed by atoms with Crippen LogP contribution in [0.1, 0.15) is 25.7 Å². The summed E-state index contributed by atoms with van der Waals surface area (Å²) < 4.78 is 25.0. The number of ketones is 1. The van der Waals surface area contributed by atoms with Gasteiger partial charge in [-0.05, 0) is 30.9 Å². The second-order valence-electron chi connectivity index (χ2n) is 5.51. The minimum Gasteiger partial charge on any atom is -0.388 e. The molecule has 5 heteroatoms. The smallest absolute Gasteiger partial charge is 0.184 e. The van der Waals surface area contributed by atoms with E-state index in [0.29, 0.717) is 12.8 Å². The Labute approximate surface area is 112 Å². The van der Waals surface area contributed by atoms with Crippen LogP contribution in [0, 0.1) is 5.92 Å². The average Bonchev–Trinajstić information content (AvgIpc) is 2.39. The molecule has 1 N–H and O–H groups in total. The minimum absolute atomic E-state index is 0.130. The van der Waals surface area contributed by atoms with E-state index in [1.54, 1.807) is 30.3 Å². The molecule has 1 unspecified atom stereocenters. The van der Waals surface area contributed by atoms with E-state index in [1.807, 2.05) is 0 Å². The summed E-state index contributed by atoms with van der Waals surface area (Å²) in [6.07, 6.45) is 1.26. The van der Waals surface area contributed by atoms with Gasteiger partial charge in [-0.3, -0.25) is 4.79 Å². The van der Waals surface area contributed by atoms with Crippen LogP contribution in [0.3, 0.4) is 0 Å². The van der Waals surface area contributed by atoms with Gasteiger partial charge in [-0.15, -0.1) is 0 Å². The van der Waals surface area contributed by atoms with Gasteiger partial charge in [0.25, 0.3) is 0 Å². The zero-order valence-electron chi connectivity index (χ0n) is 10.5. The lowest BCUT2D eigenvalue weighted by molar-refractivity contribution is -0.145. The molecule has 0 saturated heterocycles. The number of aliphatic hydroxyl groups is 1. The molecule has 2 aliphatic carbocycles. The quantitative estimate of drug-likeness (QED) is 0.887. The molecule has 1 aromatic carbocycles. The molecular weight excluding hydrogens is 264 g/mol. The summed E-state index contributed by atoms with van der Waals surface area (Å²) >= 11 is 0. The number of rotatable bonds is 2. The Morgan fingerprint density at radius 3 is 2.53 bits per heavy atom. The fourth-order valence-corrected chi connectivity index (χ4v) is 5.48. The molecule has 0 amide bonds. The van der Waals surface area contributed by atoms with E-state index in [9.17, 15) is 18.3 Å². The number of hydrogen-bond acceptors (Lipinski definition) is 4. The van der Waals surface area contributed by atoms with Gasteiger partial charge >= 0.3 is 0 Å². The zero-order chi connectivity index (χ0) is 13.7. The minimum atomic E-state index is -3.51. The number of Topliss-reactive ketones (excluding diaryl/α,β-unsaturated/α-hetero) is 1. The third-order valence-electron chi connectivity index (χ3n) is 4.49. The van der Waals surface area contributed by atoms with E-state index in [0.717, 1.165) is 0 Å². The first-order valence-electron chi connectivity index (χ1n) is 6.47. The van der Waals surface area contributed by atoms with Crippen LogP contribution in [0.5, 0.6) is 0 Å². The van der Waals surface area contributed by atoms with Crippen molar-refractivity contribution in [1.29, 1.82) is 0 Å². The van der Waals surface area contributed by atoms with Gasteiger partial charge in [-0.25, -0.2) is 8.42 Å². The third-order valence-corrected chi connectivity index (χ3v) is 6.77. The maximum atomic E-state index is 12.5. The first-order chi connectivity index (χ1) is 8.94. The van der Waals surface area contributed by atoms with Crippen molar-refractivity contribution in [1.82, 2.24) is 0 Å². The number of benzene rings is 1. The number of sulfone groups is 1. The standard InChI is InChI=1S/C14H16O4S/c15-11-6-7-14(16)10(8-11)9-13(14)19(17,18)12-4-2-1-3-5-12/h1-5,10,13,16H,6-9H2/t10?,13-,14+/m0/s1. The Balaban J connectivity index is 1.91. The molecule has 2 saturated carbocycles. The summed E-state index contributed by atoms with van der Waals surface area (Å²) in [4.78, 5) is 11.6. The molecule has 0 radical (unpaired) electrons. The zero-order valence-corrected chi connectivity index (χ0v) is 11.3. The van der Waals surface area contributed by atoms with Crippen molar-refractivity contribution in [2.45, 2.75) is 41.4 Å². The normalized spacial score (nSPS) is 34.5. The highest BCUT2D eigenvalue weighted by Gasteiger charge is 2.61. The first kappa shape index (κ1) is 12.8. The van der Waals surface area contributed by atoms with E-state index in [1.165, 1.54) is 0 Å². The lowest BCUT2D eigenvalue weighted by atomic mass is 9.61. The Kier molecular flexibility index (Phi) is 2.80. The number of hydrogen-bond donors (Lipinski definition) is 1. The molecule has 2 aliphatic rings. The third kappa shape index (κ3) is 1.83. The molecule has 4 nitrogen and oxygen atoms in total. The van der Waals surface area contributed by atoms with Crippen LogP contribution < -0.4 is 0 Å². The molecule has 102 valence electrons. The summed E-state index contributed by atoms with van der Waals surface area (Å²) in [6, 6.07) is 8.23. The van der Waals surface area contributed by atoms with E-state index >= 15 is 0 Å². The fourth-order valence-electron chi connectivity index (χ4n) is 3.28. The largest absolute Gasteiger partial charge is 0.388 e. The maximum absolute atomic E-state index is 12.5. The van der Waals surface area contributed by atoms with Crippen LogP contribution in [-0.4, -0.2) is 30.2 Å². The highest BCUT2D eigenvalue weighted by Crippen LogP contribution is 2.51. The lowest BCUT2D eigenvalue weighted by Crippen LogP contribution is -2.64. The molecule has 3 rings (SSSR count). The first-order valence-corrected chi connectivity index (χ1v) is 8.02. The van der Waals surface area contributed by atoms with Crippen LogP contribution in [-0.2, 0) is 14.6 Å². The van der Waals surface area contributed by atoms with E-state index in [2.05, 4.69) is 0 Å². The second kappa shape index (κ2) is 4.15. The van der Waals surface area contributed by atoms with Crippen molar-refractivity contribution in [2.24, 2.45) is 5.92 Å². The predicted molar refractivity (Wildman–Crippen MR) is 69.3 cm³/mol. The van der Waals surface area contributed by atoms with E-state index in [-0.39, 0.29) is 29.4 Å². The Hall–Kier alpha value is -1.20. The molecule has 0 bridgehead atoms. The van der Waals surface area contributed by atoms with Crippen LogP contribution in [0.2, 0.25) is 0 Å². The van der Waals surface area contributed by atoms with Gasteiger partial charge < -0.3 is 5.11 Å². The van der Waals surface area contributed by atoms with Gasteiger partial charge in [0.1, 0.15) is 5.78 Å². The van der Waals surface area contributed by atoms with Crippen molar-refractivity contribution in [3.63, 3.8) is 0 Å². The van der Waals surface area contributed by atoms with Gasteiger partial charge in [-0.2, -0.15) is 0 Å². The molecule has 0 heterocycles. The van der Waals surface area contributed by atoms with Gasteiger partial charge in [0.2, 0.25) is 0 Å². The summed E-state index contributed by atoms with van der Waals surface area (Å²) in [7, 11) is -3.51. The van der Waals surface area contributed by atoms with Crippen molar-refractivity contribution < 1.29 is 18.3 Å². The van der Waals surface area contributed by atoms with Crippen molar-refractivity contribution in [3.8, 4) is 0 Å². The van der Waals surface area contributed by atoms with E-state index < -0.39 is 20.7 Å². The van der Waals surface area contributed by atoms with Crippen molar-refractivity contribution >= 4 is 15.6 Å². The molecular formula is C14H16O4S. The van der Waals surface area contributed by atoms with Crippen LogP contribution in [0.15, 0.2) is 35.2 Å². The van der Waals surface area contributed by atoms with Gasteiger partial charge in [0, 0.05) is 12.8 Å². The van der Waals surface area contributed by atoms with Crippen molar-refractivity contribution in [2.75, 3.05) is 0 Å². The maximum Gasteiger partial charge on any atom is 0.184 e. The van der Waals surface area contributed by atoms with Crippen molar-refractivity contribution in [3.05, 3.63) is 30.3 Å². The molecule has 0 spiro atoms. The Morgan fingerprint density at radius 2 is 1.89 bits per heavy atom. The molecule has 19 heavy (non-hydrogen) atoms. The Morgan fingerprint density at radius 1 is 1.21 bits per heavy atom.